The van der Waals surface area contributed by atoms with Crippen LogP contribution in [-0.2, 0) is 23.7 Å². The van der Waals surface area contributed by atoms with Crippen LogP contribution in [0.3, 0.4) is 0 Å². The van der Waals surface area contributed by atoms with Crippen LogP contribution >= 0.6 is 0 Å². The van der Waals surface area contributed by atoms with Gasteiger partial charge in [0.2, 0.25) is 0 Å². The van der Waals surface area contributed by atoms with Gasteiger partial charge in [0.15, 0.2) is 17.9 Å². The molecule has 0 bridgehead atoms. The molecule has 3 fully saturated rings. The van der Waals surface area contributed by atoms with Gasteiger partial charge >= 0.3 is 0 Å². The molecule has 0 radical (unpaired) electrons. The first-order valence-corrected chi connectivity index (χ1v) is 7.33. The predicted octanol–water partition coefficient (Wildman–Crippen LogP) is 1.32. The number of hydrogen-bond acceptors (Lipinski definition) is 6. The molecule has 3 aliphatic rings. The first kappa shape index (κ1) is 15.4. The molecule has 5 atom stereocenters. The molecule has 3 saturated heterocycles. The number of rotatable bonds is 3. The zero-order valence-electron chi connectivity index (χ0n) is 13.0. The molecule has 120 valence electrons. The molecule has 0 aromatic carbocycles. The average molecular weight is 300 g/mol. The summed E-state index contributed by atoms with van der Waals surface area (Å²) < 4.78 is 28.9. The quantitative estimate of drug-likeness (QED) is 0.793. The molecule has 21 heavy (non-hydrogen) atoms. The normalized spacial score (nSPS) is 47.5. The molecule has 3 heterocycles. The molecule has 3 aliphatic heterocycles. The van der Waals surface area contributed by atoms with Gasteiger partial charge in [-0.15, -0.1) is 6.58 Å². The van der Waals surface area contributed by atoms with E-state index in [1.165, 1.54) is 0 Å². The van der Waals surface area contributed by atoms with Gasteiger partial charge in [0.05, 0.1) is 6.61 Å². The van der Waals surface area contributed by atoms with Crippen molar-refractivity contribution in [3.05, 3.63) is 12.7 Å². The summed E-state index contributed by atoms with van der Waals surface area (Å²) in [6, 6.07) is 0. The summed E-state index contributed by atoms with van der Waals surface area (Å²) in [6.45, 7) is 11.4. The molecule has 1 N–H and O–H groups in total. The molecule has 0 aliphatic carbocycles. The third-order valence-electron chi connectivity index (χ3n) is 4.16. The molecule has 6 heteroatoms. The molecule has 0 saturated carbocycles. The highest BCUT2D eigenvalue weighted by Crippen LogP contribution is 2.47. The van der Waals surface area contributed by atoms with Crippen molar-refractivity contribution in [2.75, 3.05) is 6.61 Å². The van der Waals surface area contributed by atoms with E-state index in [9.17, 15) is 5.11 Å². The zero-order chi connectivity index (χ0) is 15.5. The lowest BCUT2D eigenvalue weighted by Crippen LogP contribution is -2.53. The molecule has 0 spiro atoms. The lowest BCUT2D eigenvalue weighted by molar-refractivity contribution is -0.247. The summed E-state index contributed by atoms with van der Waals surface area (Å²) >= 11 is 0. The van der Waals surface area contributed by atoms with Crippen LogP contribution in [-0.4, -0.2) is 53.5 Å². The zero-order valence-corrected chi connectivity index (χ0v) is 13.0. The fourth-order valence-corrected chi connectivity index (χ4v) is 3.33. The second-order valence-corrected chi connectivity index (χ2v) is 6.83. The molecule has 0 aromatic heterocycles. The largest absolute Gasteiger partial charge is 0.384 e. The van der Waals surface area contributed by atoms with E-state index in [4.69, 9.17) is 23.7 Å². The van der Waals surface area contributed by atoms with Gasteiger partial charge in [-0.2, -0.15) is 0 Å². The Labute approximate surface area is 125 Å². The molecular formula is C15H24O6. The Balaban J connectivity index is 1.84. The van der Waals surface area contributed by atoms with E-state index in [0.717, 1.165) is 0 Å². The summed E-state index contributed by atoms with van der Waals surface area (Å²) in [5.74, 6) is -1.45. The molecule has 0 amide bonds. The number of ether oxygens (including phenoxy) is 5. The minimum Gasteiger partial charge on any atom is -0.384 e. The fraction of sp³-hybridized carbons (Fsp3) is 0.867. The third kappa shape index (κ3) is 2.54. The Bertz CT molecular complexity index is 434. The van der Waals surface area contributed by atoms with E-state index in [2.05, 4.69) is 6.58 Å². The van der Waals surface area contributed by atoms with Gasteiger partial charge in [0, 0.05) is 0 Å². The van der Waals surface area contributed by atoms with E-state index in [1.54, 1.807) is 19.9 Å². The second-order valence-electron chi connectivity index (χ2n) is 6.83. The van der Waals surface area contributed by atoms with Crippen molar-refractivity contribution in [1.82, 2.24) is 0 Å². The van der Waals surface area contributed by atoms with Gasteiger partial charge in [-0.3, -0.25) is 0 Å². The van der Waals surface area contributed by atoms with E-state index in [-0.39, 0.29) is 6.10 Å². The number of aliphatic hydroxyl groups is 1. The minimum absolute atomic E-state index is 0.332. The third-order valence-corrected chi connectivity index (χ3v) is 4.16. The van der Waals surface area contributed by atoms with Gasteiger partial charge in [0.1, 0.15) is 23.9 Å². The first-order valence-electron chi connectivity index (χ1n) is 7.33. The monoisotopic (exact) mass is 300 g/mol. The summed E-state index contributed by atoms with van der Waals surface area (Å²) in [4.78, 5) is 0. The Hall–Kier alpha value is -0.500. The second kappa shape index (κ2) is 4.75. The lowest BCUT2D eigenvalue weighted by Gasteiger charge is -2.35. The van der Waals surface area contributed by atoms with Gasteiger partial charge in [-0.05, 0) is 34.1 Å². The average Bonchev–Trinajstić information content (AvgIpc) is 2.92. The smallest absolute Gasteiger partial charge is 0.190 e. The Morgan fingerprint density at radius 2 is 1.81 bits per heavy atom. The lowest BCUT2D eigenvalue weighted by atomic mass is 9.86. The molecule has 0 unspecified atom stereocenters. The SMILES string of the molecule is C=CC[C@]1(O)[C@@H]([C@H]2COC(C)(C)O2)O[C@@H]2OC(C)(C)O[C@@H]21. The van der Waals surface area contributed by atoms with Crippen LogP contribution in [0.4, 0.5) is 0 Å². The van der Waals surface area contributed by atoms with E-state index >= 15 is 0 Å². The fourth-order valence-electron chi connectivity index (χ4n) is 3.33. The van der Waals surface area contributed by atoms with Crippen molar-refractivity contribution in [1.29, 1.82) is 0 Å². The maximum atomic E-state index is 11.1. The van der Waals surface area contributed by atoms with Gasteiger partial charge < -0.3 is 28.8 Å². The Morgan fingerprint density at radius 1 is 1.10 bits per heavy atom. The summed E-state index contributed by atoms with van der Waals surface area (Å²) in [6.07, 6.45) is -0.133. The van der Waals surface area contributed by atoms with Gasteiger partial charge in [0.25, 0.3) is 0 Å². The summed E-state index contributed by atoms with van der Waals surface area (Å²) in [5.41, 5.74) is -1.24. The topological polar surface area (TPSA) is 66.4 Å². The van der Waals surface area contributed by atoms with Crippen molar-refractivity contribution in [3.63, 3.8) is 0 Å². The van der Waals surface area contributed by atoms with Crippen LogP contribution in [0.5, 0.6) is 0 Å². The van der Waals surface area contributed by atoms with E-state index in [1.807, 2.05) is 13.8 Å². The van der Waals surface area contributed by atoms with Gasteiger partial charge in [-0.25, -0.2) is 0 Å². The van der Waals surface area contributed by atoms with Crippen molar-refractivity contribution in [3.8, 4) is 0 Å². The van der Waals surface area contributed by atoms with Crippen LogP contribution < -0.4 is 0 Å². The van der Waals surface area contributed by atoms with Crippen LogP contribution in [0.25, 0.3) is 0 Å². The summed E-state index contributed by atoms with van der Waals surface area (Å²) in [7, 11) is 0. The molecular weight excluding hydrogens is 276 g/mol. The minimum atomic E-state index is -1.24. The number of fused-ring (bicyclic) bond motifs is 1. The predicted molar refractivity (Wildman–Crippen MR) is 73.4 cm³/mol. The van der Waals surface area contributed by atoms with Crippen molar-refractivity contribution in [2.24, 2.45) is 0 Å². The molecule has 0 aromatic rings. The highest BCUT2D eigenvalue weighted by atomic mass is 16.8. The van der Waals surface area contributed by atoms with Crippen molar-refractivity contribution in [2.45, 2.75) is 75.9 Å². The van der Waals surface area contributed by atoms with Crippen LogP contribution in [0, 0.1) is 0 Å². The van der Waals surface area contributed by atoms with Gasteiger partial charge in [-0.1, -0.05) is 6.08 Å². The van der Waals surface area contributed by atoms with Crippen LogP contribution in [0.1, 0.15) is 34.1 Å². The summed E-state index contributed by atoms with van der Waals surface area (Å²) in [5, 5.41) is 11.1. The van der Waals surface area contributed by atoms with Crippen molar-refractivity contribution < 1.29 is 28.8 Å². The van der Waals surface area contributed by atoms with Crippen LogP contribution in [0.2, 0.25) is 0 Å². The molecule has 6 nitrogen and oxygen atoms in total. The van der Waals surface area contributed by atoms with E-state index < -0.39 is 35.7 Å². The Morgan fingerprint density at radius 3 is 2.38 bits per heavy atom. The highest BCUT2D eigenvalue weighted by Gasteiger charge is 2.65. The molecule has 3 rings (SSSR count). The van der Waals surface area contributed by atoms with Crippen LogP contribution in [0.15, 0.2) is 12.7 Å². The highest BCUT2D eigenvalue weighted by molar-refractivity contribution is 5.10. The standard InChI is InChI=1S/C15H24O6/c1-6-7-15(16)10(9-8-17-13(2,3)19-9)18-12-11(15)20-14(4,5)21-12/h6,9-12,16H,1,7-8H2,2-5H3/t9-,10-,11+,12-,15+/m1/s1. The first-order chi connectivity index (χ1) is 9.67. The van der Waals surface area contributed by atoms with E-state index in [0.29, 0.717) is 13.0 Å². The number of hydrogen-bond donors (Lipinski definition) is 1. The maximum Gasteiger partial charge on any atom is 0.190 e. The van der Waals surface area contributed by atoms with Crippen molar-refractivity contribution >= 4 is 0 Å². The maximum absolute atomic E-state index is 11.1. The Kier molecular flexibility index (Phi) is 3.48.